The van der Waals surface area contributed by atoms with Crippen LogP contribution in [0.3, 0.4) is 0 Å². The molecule has 3 nitrogen and oxygen atoms in total. The quantitative estimate of drug-likeness (QED) is 0.869. The number of primary amides is 1. The minimum absolute atomic E-state index is 0.135. The van der Waals surface area contributed by atoms with Crippen LogP contribution >= 0.6 is 0 Å². The van der Waals surface area contributed by atoms with Gasteiger partial charge < -0.3 is 11.1 Å². The molecule has 0 unspecified atom stereocenters. The van der Waals surface area contributed by atoms with E-state index in [0.29, 0.717) is 18.5 Å². The predicted molar refractivity (Wildman–Crippen MR) is 74.6 cm³/mol. The van der Waals surface area contributed by atoms with Gasteiger partial charge in [-0.1, -0.05) is 32.1 Å². The smallest absolute Gasteiger partial charge is 0.251 e. The largest absolute Gasteiger partial charge is 0.383 e. The summed E-state index contributed by atoms with van der Waals surface area (Å²) in [5.74, 6) is -1.84. The Balaban J connectivity index is 1.94. The lowest BCUT2D eigenvalue weighted by atomic mass is 9.87. The van der Waals surface area contributed by atoms with Gasteiger partial charge in [0.2, 0.25) is 0 Å². The van der Waals surface area contributed by atoms with Gasteiger partial charge in [0.25, 0.3) is 5.91 Å². The lowest BCUT2D eigenvalue weighted by molar-refractivity contribution is 0.0996. The maximum atomic E-state index is 13.6. The highest BCUT2D eigenvalue weighted by molar-refractivity contribution is 5.94. The Morgan fingerprint density at radius 1 is 1.20 bits per heavy atom. The first-order valence-corrected chi connectivity index (χ1v) is 7.10. The third kappa shape index (κ3) is 3.68. The van der Waals surface area contributed by atoms with E-state index in [2.05, 4.69) is 5.32 Å². The maximum absolute atomic E-state index is 13.6. The summed E-state index contributed by atoms with van der Waals surface area (Å²) in [6, 6.07) is 1.84. The SMILES string of the molecule is NC(=O)c1cc(NCCC2CCCCC2)c(F)cc1F. The number of carbonyl (C=O) groups is 1. The number of halogens is 2. The summed E-state index contributed by atoms with van der Waals surface area (Å²) in [5, 5.41) is 2.93. The number of nitrogens with one attached hydrogen (secondary N) is 1. The zero-order chi connectivity index (χ0) is 14.5. The second-order valence-electron chi connectivity index (χ2n) is 5.40. The highest BCUT2D eigenvalue weighted by atomic mass is 19.1. The van der Waals surface area contributed by atoms with E-state index in [1.165, 1.54) is 32.1 Å². The Labute approximate surface area is 117 Å². The van der Waals surface area contributed by atoms with Gasteiger partial charge in [-0.05, 0) is 18.4 Å². The summed E-state index contributed by atoms with van der Waals surface area (Å²) < 4.78 is 26.9. The first-order chi connectivity index (χ1) is 9.58. The molecule has 5 heteroatoms. The van der Waals surface area contributed by atoms with Gasteiger partial charge in [0.1, 0.15) is 11.6 Å². The molecule has 1 aliphatic rings. The molecular weight excluding hydrogens is 262 g/mol. The van der Waals surface area contributed by atoms with E-state index < -0.39 is 17.5 Å². The van der Waals surface area contributed by atoms with Gasteiger partial charge in [0.05, 0.1) is 11.3 Å². The first-order valence-electron chi connectivity index (χ1n) is 7.10. The molecule has 1 amide bonds. The molecule has 1 saturated carbocycles. The molecule has 1 aromatic carbocycles. The number of carbonyl (C=O) groups excluding carboxylic acids is 1. The molecule has 0 atom stereocenters. The molecule has 3 N–H and O–H groups in total. The highest BCUT2D eigenvalue weighted by Gasteiger charge is 2.15. The van der Waals surface area contributed by atoms with Crippen LogP contribution in [0.2, 0.25) is 0 Å². The van der Waals surface area contributed by atoms with Crippen molar-refractivity contribution < 1.29 is 13.6 Å². The van der Waals surface area contributed by atoms with Crippen molar-refractivity contribution in [3.8, 4) is 0 Å². The molecule has 0 aromatic heterocycles. The normalized spacial score (nSPS) is 16.1. The lowest BCUT2D eigenvalue weighted by Crippen LogP contribution is -2.16. The Morgan fingerprint density at radius 2 is 1.90 bits per heavy atom. The van der Waals surface area contributed by atoms with Crippen molar-refractivity contribution in [1.29, 1.82) is 0 Å². The molecular formula is C15H20F2N2O. The fraction of sp³-hybridized carbons (Fsp3) is 0.533. The van der Waals surface area contributed by atoms with Crippen molar-refractivity contribution in [3.63, 3.8) is 0 Å². The summed E-state index contributed by atoms with van der Waals surface area (Å²) >= 11 is 0. The van der Waals surface area contributed by atoms with E-state index >= 15 is 0 Å². The second kappa shape index (κ2) is 6.68. The Bertz CT molecular complexity index is 485. The van der Waals surface area contributed by atoms with E-state index in [-0.39, 0.29) is 11.3 Å². The number of hydrogen-bond donors (Lipinski definition) is 2. The predicted octanol–water partition coefficient (Wildman–Crippen LogP) is 3.45. The minimum atomic E-state index is -0.923. The molecule has 1 fully saturated rings. The number of benzene rings is 1. The van der Waals surface area contributed by atoms with Gasteiger partial charge in [-0.25, -0.2) is 8.78 Å². The van der Waals surface area contributed by atoms with E-state index in [1.54, 1.807) is 0 Å². The molecule has 0 spiro atoms. The monoisotopic (exact) mass is 282 g/mol. The van der Waals surface area contributed by atoms with Crippen LogP contribution in [0.4, 0.5) is 14.5 Å². The number of anilines is 1. The Morgan fingerprint density at radius 3 is 2.55 bits per heavy atom. The van der Waals surface area contributed by atoms with Gasteiger partial charge in [-0.3, -0.25) is 4.79 Å². The molecule has 110 valence electrons. The minimum Gasteiger partial charge on any atom is -0.383 e. The number of rotatable bonds is 5. The van der Waals surface area contributed by atoms with Crippen LogP contribution in [0.5, 0.6) is 0 Å². The van der Waals surface area contributed by atoms with Crippen LogP contribution in [-0.4, -0.2) is 12.5 Å². The highest BCUT2D eigenvalue weighted by Crippen LogP contribution is 2.26. The summed E-state index contributed by atoms with van der Waals surface area (Å²) in [6.45, 7) is 0.616. The summed E-state index contributed by atoms with van der Waals surface area (Å²) in [5.41, 5.74) is 4.90. The number of nitrogens with two attached hydrogens (primary N) is 1. The van der Waals surface area contributed by atoms with Crippen LogP contribution in [0.1, 0.15) is 48.9 Å². The van der Waals surface area contributed by atoms with Crippen LogP contribution in [-0.2, 0) is 0 Å². The van der Waals surface area contributed by atoms with Crippen molar-refractivity contribution in [1.82, 2.24) is 0 Å². The van der Waals surface area contributed by atoms with Gasteiger partial charge in [-0.2, -0.15) is 0 Å². The standard InChI is InChI=1S/C15H20F2N2O/c16-12-9-13(17)14(8-11(12)15(18)20)19-7-6-10-4-2-1-3-5-10/h8-10,19H,1-7H2,(H2,18,20). The van der Waals surface area contributed by atoms with Crippen LogP contribution in [0.15, 0.2) is 12.1 Å². The molecule has 1 aliphatic carbocycles. The van der Waals surface area contributed by atoms with E-state index in [4.69, 9.17) is 5.73 Å². The molecule has 0 heterocycles. The van der Waals surface area contributed by atoms with Crippen molar-refractivity contribution in [3.05, 3.63) is 29.3 Å². The number of amides is 1. The Kier molecular flexibility index (Phi) is 4.93. The van der Waals surface area contributed by atoms with E-state index in [1.807, 2.05) is 0 Å². The topological polar surface area (TPSA) is 55.1 Å². The molecule has 0 radical (unpaired) electrons. The fourth-order valence-corrected chi connectivity index (χ4v) is 2.76. The zero-order valence-corrected chi connectivity index (χ0v) is 11.4. The van der Waals surface area contributed by atoms with Crippen LogP contribution in [0.25, 0.3) is 0 Å². The fourth-order valence-electron chi connectivity index (χ4n) is 2.76. The van der Waals surface area contributed by atoms with Crippen molar-refractivity contribution >= 4 is 11.6 Å². The molecule has 1 aromatic rings. The van der Waals surface area contributed by atoms with Crippen molar-refractivity contribution in [2.45, 2.75) is 38.5 Å². The van der Waals surface area contributed by atoms with Crippen LogP contribution < -0.4 is 11.1 Å². The number of hydrogen-bond acceptors (Lipinski definition) is 2. The van der Waals surface area contributed by atoms with E-state index in [0.717, 1.165) is 12.5 Å². The average Bonchev–Trinajstić information content (AvgIpc) is 2.42. The van der Waals surface area contributed by atoms with Gasteiger partial charge in [0, 0.05) is 12.6 Å². The van der Waals surface area contributed by atoms with Crippen LogP contribution in [0, 0.1) is 17.6 Å². The maximum Gasteiger partial charge on any atom is 0.251 e. The average molecular weight is 282 g/mol. The lowest BCUT2D eigenvalue weighted by Gasteiger charge is -2.21. The zero-order valence-electron chi connectivity index (χ0n) is 11.4. The van der Waals surface area contributed by atoms with Gasteiger partial charge in [-0.15, -0.1) is 0 Å². The van der Waals surface area contributed by atoms with Crippen molar-refractivity contribution in [2.75, 3.05) is 11.9 Å². The molecule has 0 bridgehead atoms. The summed E-state index contributed by atoms with van der Waals surface area (Å²) in [4.78, 5) is 11.0. The third-order valence-corrected chi connectivity index (χ3v) is 3.91. The van der Waals surface area contributed by atoms with E-state index in [9.17, 15) is 13.6 Å². The molecule has 0 saturated heterocycles. The second-order valence-corrected chi connectivity index (χ2v) is 5.40. The first kappa shape index (κ1) is 14.8. The summed E-state index contributed by atoms with van der Waals surface area (Å²) in [6.07, 6.45) is 7.24. The molecule has 20 heavy (non-hydrogen) atoms. The molecule has 2 rings (SSSR count). The summed E-state index contributed by atoms with van der Waals surface area (Å²) in [7, 11) is 0. The van der Waals surface area contributed by atoms with Crippen molar-refractivity contribution in [2.24, 2.45) is 11.7 Å². The molecule has 0 aliphatic heterocycles. The third-order valence-electron chi connectivity index (χ3n) is 3.91. The Hall–Kier alpha value is -1.65. The van der Waals surface area contributed by atoms with Gasteiger partial charge in [0.15, 0.2) is 0 Å². The van der Waals surface area contributed by atoms with Gasteiger partial charge >= 0.3 is 0 Å².